The third-order valence-corrected chi connectivity index (χ3v) is 4.59. The van der Waals surface area contributed by atoms with Crippen LogP contribution in [0.4, 0.5) is 5.69 Å². The topological polar surface area (TPSA) is 132 Å². The van der Waals surface area contributed by atoms with Crippen molar-refractivity contribution in [1.29, 1.82) is 0 Å². The SMILES string of the molecule is COCCOCCC(=O)N[C@H](C(=O)N[C@@H](C)C(=O)Nc1ccc(COC(C)=O)cc1)C(C)C. The maximum absolute atomic E-state index is 12.7. The molecule has 0 heterocycles. The molecule has 1 rings (SSSR count). The highest BCUT2D eigenvalue weighted by atomic mass is 16.5. The predicted molar refractivity (Wildman–Crippen MR) is 122 cm³/mol. The summed E-state index contributed by atoms with van der Waals surface area (Å²) in [6.45, 7) is 7.71. The van der Waals surface area contributed by atoms with Crippen LogP contribution in [-0.2, 0) is 40.0 Å². The van der Waals surface area contributed by atoms with E-state index in [0.29, 0.717) is 18.9 Å². The minimum absolute atomic E-state index is 0.115. The molecule has 0 saturated heterocycles. The molecule has 0 aromatic heterocycles. The van der Waals surface area contributed by atoms with Gasteiger partial charge in [-0.15, -0.1) is 0 Å². The Kier molecular flexibility index (Phi) is 12.7. The lowest BCUT2D eigenvalue weighted by atomic mass is 10.0. The number of methoxy groups -OCH3 is 1. The standard InChI is InChI=1S/C23H35N3O7/c1-15(2)21(26-20(28)10-11-32-13-12-31-5)23(30)24-16(3)22(29)25-19-8-6-18(7-9-19)14-33-17(4)27/h6-9,15-16,21H,10-14H2,1-5H3,(H,24,30)(H,25,29)(H,26,28)/t16-,21-/m0/s1. The first-order chi connectivity index (χ1) is 15.6. The van der Waals surface area contributed by atoms with Crippen LogP contribution in [0.1, 0.15) is 39.7 Å². The number of nitrogens with one attached hydrogen (secondary N) is 3. The zero-order chi connectivity index (χ0) is 24.8. The first kappa shape index (κ1) is 28.1. The molecule has 0 unspecified atom stereocenters. The number of amides is 3. The van der Waals surface area contributed by atoms with Crippen LogP contribution in [0, 0.1) is 5.92 Å². The lowest BCUT2D eigenvalue weighted by Crippen LogP contribution is -2.53. The Labute approximate surface area is 194 Å². The summed E-state index contributed by atoms with van der Waals surface area (Å²) >= 11 is 0. The third kappa shape index (κ3) is 11.4. The van der Waals surface area contributed by atoms with Gasteiger partial charge in [0.25, 0.3) is 0 Å². The number of ether oxygens (including phenoxy) is 3. The summed E-state index contributed by atoms with van der Waals surface area (Å²) in [7, 11) is 1.56. The predicted octanol–water partition coefficient (Wildman–Crippen LogP) is 1.39. The number of carbonyl (C=O) groups is 4. The number of rotatable bonds is 14. The van der Waals surface area contributed by atoms with Crippen LogP contribution in [-0.4, -0.2) is 62.7 Å². The van der Waals surface area contributed by atoms with Crippen LogP contribution in [0.15, 0.2) is 24.3 Å². The van der Waals surface area contributed by atoms with Gasteiger partial charge in [0.15, 0.2) is 0 Å². The number of esters is 1. The number of hydrogen-bond acceptors (Lipinski definition) is 7. The first-order valence-electron chi connectivity index (χ1n) is 10.8. The van der Waals surface area contributed by atoms with Gasteiger partial charge in [-0.05, 0) is 30.5 Å². The first-order valence-corrected chi connectivity index (χ1v) is 10.8. The van der Waals surface area contributed by atoms with E-state index in [9.17, 15) is 19.2 Å². The molecule has 0 radical (unpaired) electrons. The molecule has 2 atom stereocenters. The van der Waals surface area contributed by atoms with E-state index < -0.39 is 23.9 Å². The maximum atomic E-state index is 12.7. The van der Waals surface area contributed by atoms with Gasteiger partial charge < -0.3 is 30.2 Å². The Hall–Kier alpha value is -2.98. The molecule has 33 heavy (non-hydrogen) atoms. The average Bonchev–Trinajstić information content (AvgIpc) is 2.76. The molecule has 0 saturated carbocycles. The number of anilines is 1. The lowest BCUT2D eigenvalue weighted by molar-refractivity contribution is -0.142. The second-order valence-corrected chi connectivity index (χ2v) is 7.84. The fourth-order valence-corrected chi connectivity index (χ4v) is 2.68. The van der Waals surface area contributed by atoms with Crippen LogP contribution in [0.5, 0.6) is 0 Å². The summed E-state index contributed by atoms with van der Waals surface area (Å²) in [4.78, 5) is 48.2. The van der Waals surface area contributed by atoms with E-state index in [1.807, 2.05) is 13.8 Å². The highest BCUT2D eigenvalue weighted by Gasteiger charge is 2.26. The zero-order valence-corrected chi connectivity index (χ0v) is 19.9. The lowest BCUT2D eigenvalue weighted by Gasteiger charge is -2.24. The molecule has 0 aliphatic carbocycles. The maximum Gasteiger partial charge on any atom is 0.302 e. The third-order valence-electron chi connectivity index (χ3n) is 4.59. The number of hydrogen-bond donors (Lipinski definition) is 3. The van der Waals surface area contributed by atoms with Gasteiger partial charge in [-0.3, -0.25) is 19.2 Å². The molecule has 10 nitrogen and oxygen atoms in total. The molecular formula is C23H35N3O7. The van der Waals surface area contributed by atoms with Crippen molar-refractivity contribution in [3.05, 3.63) is 29.8 Å². The van der Waals surface area contributed by atoms with Crippen molar-refractivity contribution in [3.63, 3.8) is 0 Å². The Balaban J connectivity index is 2.54. The van der Waals surface area contributed by atoms with Crippen molar-refractivity contribution in [2.24, 2.45) is 5.92 Å². The van der Waals surface area contributed by atoms with Crippen LogP contribution in [0.25, 0.3) is 0 Å². The van der Waals surface area contributed by atoms with Crippen molar-refractivity contribution in [3.8, 4) is 0 Å². The van der Waals surface area contributed by atoms with E-state index in [2.05, 4.69) is 16.0 Å². The smallest absolute Gasteiger partial charge is 0.302 e. The molecule has 1 aromatic carbocycles. The molecule has 10 heteroatoms. The Morgan fingerprint density at radius 1 is 0.909 bits per heavy atom. The Morgan fingerprint density at radius 2 is 1.58 bits per heavy atom. The molecule has 3 N–H and O–H groups in total. The van der Waals surface area contributed by atoms with Gasteiger partial charge in [0.1, 0.15) is 18.7 Å². The summed E-state index contributed by atoms with van der Waals surface area (Å²) in [6.07, 6.45) is 0.115. The van der Waals surface area contributed by atoms with Gasteiger partial charge >= 0.3 is 5.97 Å². The molecular weight excluding hydrogens is 430 g/mol. The monoisotopic (exact) mass is 465 g/mol. The summed E-state index contributed by atoms with van der Waals surface area (Å²) in [6, 6.07) is 5.20. The normalized spacial score (nSPS) is 12.5. The van der Waals surface area contributed by atoms with E-state index in [1.165, 1.54) is 6.92 Å². The van der Waals surface area contributed by atoms with E-state index in [4.69, 9.17) is 14.2 Å². The van der Waals surface area contributed by atoms with E-state index in [-0.39, 0.29) is 37.4 Å². The zero-order valence-electron chi connectivity index (χ0n) is 19.9. The largest absolute Gasteiger partial charge is 0.461 e. The van der Waals surface area contributed by atoms with Crippen LogP contribution in [0.3, 0.4) is 0 Å². The van der Waals surface area contributed by atoms with Crippen molar-refractivity contribution < 1.29 is 33.4 Å². The fourth-order valence-electron chi connectivity index (χ4n) is 2.68. The Morgan fingerprint density at radius 3 is 2.15 bits per heavy atom. The van der Waals surface area contributed by atoms with Crippen molar-refractivity contribution in [2.75, 3.05) is 32.2 Å². The van der Waals surface area contributed by atoms with Gasteiger partial charge in [0.2, 0.25) is 17.7 Å². The second-order valence-electron chi connectivity index (χ2n) is 7.84. The number of carbonyl (C=O) groups excluding carboxylic acids is 4. The Bertz CT molecular complexity index is 781. The highest BCUT2D eigenvalue weighted by Crippen LogP contribution is 2.11. The second kappa shape index (κ2) is 15.0. The minimum Gasteiger partial charge on any atom is -0.461 e. The van der Waals surface area contributed by atoms with Crippen molar-refractivity contribution in [2.45, 2.75) is 52.8 Å². The van der Waals surface area contributed by atoms with Crippen LogP contribution >= 0.6 is 0 Å². The molecule has 0 spiro atoms. The average molecular weight is 466 g/mol. The van der Waals surface area contributed by atoms with Gasteiger partial charge in [0, 0.05) is 26.1 Å². The summed E-state index contributed by atoms with van der Waals surface area (Å²) in [5, 5.41) is 8.06. The highest BCUT2D eigenvalue weighted by molar-refractivity contribution is 5.98. The van der Waals surface area contributed by atoms with Crippen molar-refractivity contribution >= 4 is 29.4 Å². The van der Waals surface area contributed by atoms with Gasteiger partial charge in [0.05, 0.1) is 19.8 Å². The summed E-state index contributed by atoms with van der Waals surface area (Å²) in [5.74, 6) is -1.71. The van der Waals surface area contributed by atoms with E-state index in [0.717, 1.165) is 5.56 Å². The molecule has 0 aliphatic heterocycles. The van der Waals surface area contributed by atoms with Crippen molar-refractivity contribution in [1.82, 2.24) is 10.6 Å². The summed E-state index contributed by atoms with van der Waals surface area (Å²) in [5.41, 5.74) is 1.32. The fraction of sp³-hybridized carbons (Fsp3) is 0.565. The van der Waals surface area contributed by atoms with E-state index in [1.54, 1.807) is 38.3 Å². The quantitative estimate of drug-likeness (QED) is 0.279. The molecule has 184 valence electrons. The van der Waals surface area contributed by atoms with Gasteiger partial charge in [-0.2, -0.15) is 0 Å². The molecule has 0 fully saturated rings. The van der Waals surface area contributed by atoms with Gasteiger partial charge in [-0.1, -0.05) is 26.0 Å². The number of benzene rings is 1. The minimum atomic E-state index is -0.825. The molecule has 0 aliphatic rings. The van der Waals surface area contributed by atoms with E-state index >= 15 is 0 Å². The molecule has 3 amide bonds. The van der Waals surface area contributed by atoms with Gasteiger partial charge in [-0.25, -0.2) is 0 Å². The molecule has 1 aromatic rings. The van der Waals surface area contributed by atoms with Crippen LogP contribution in [0.2, 0.25) is 0 Å². The summed E-state index contributed by atoms with van der Waals surface area (Å²) < 4.78 is 15.1. The van der Waals surface area contributed by atoms with Crippen LogP contribution < -0.4 is 16.0 Å². The molecule has 0 bridgehead atoms.